The summed E-state index contributed by atoms with van der Waals surface area (Å²) in [5, 5.41) is 13.9. The van der Waals surface area contributed by atoms with E-state index in [9.17, 15) is 14.3 Å². The molecule has 32 heavy (non-hydrogen) atoms. The molecule has 1 unspecified atom stereocenters. The van der Waals surface area contributed by atoms with Crippen LogP contribution < -0.4 is 10.2 Å². The summed E-state index contributed by atoms with van der Waals surface area (Å²) in [5.74, 6) is 0.478. The molecular weight excluding hydrogens is 409 g/mol. The minimum atomic E-state index is -0.376. The Morgan fingerprint density at radius 2 is 1.91 bits per heavy atom. The summed E-state index contributed by atoms with van der Waals surface area (Å²) in [6.45, 7) is 1.17. The number of hydrogen-bond acceptors (Lipinski definition) is 6. The van der Waals surface area contributed by atoms with Crippen LogP contribution in [0.2, 0.25) is 0 Å². The van der Waals surface area contributed by atoms with Crippen molar-refractivity contribution in [1.82, 2.24) is 20.3 Å². The number of pyridine rings is 1. The molecule has 4 aromatic rings. The van der Waals surface area contributed by atoms with E-state index < -0.39 is 0 Å². The average molecular weight is 429 g/mol. The Bertz CT molecular complexity index is 1300. The van der Waals surface area contributed by atoms with E-state index in [0.29, 0.717) is 46.8 Å². The molecule has 3 heterocycles. The molecule has 2 N–H and O–H groups in total. The van der Waals surface area contributed by atoms with Gasteiger partial charge in [-0.15, -0.1) is 0 Å². The zero-order valence-corrected chi connectivity index (χ0v) is 17.1. The highest BCUT2D eigenvalue weighted by Crippen LogP contribution is 2.33. The third kappa shape index (κ3) is 3.82. The molecule has 1 aliphatic heterocycles. The number of halogens is 1. The van der Waals surface area contributed by atoms with E-state index in [4.69, 9.17) is 4.98 Å². The minimum absolute atomic E-state index is 0.0730. The average Bonchev–Trinajstić information content (AvgIpc) is 3.27. The number of amides is 1. The summed E-state index contributed by atoms with van der Waals surface area (Å²) in [6.07, 6.45) is 3.89. The van der Waals surface area contributed by atoms with E-state index in [2.05, 4.69) is 15.3 Å². The Kier molecular flexibility index (Phi) is 5.10. The van der Waals surface area contributed by atoms with E-state index in [1.807, 2.05) is 4.90 Å². The summed E-state index contributed by atoms with van der Waals surface area (Å²) >= 11 is 0. The van der Waals surface area contributed by atoms with Gasteiger partial charge in [0.05, 0.1) is 11.1 Å². The molecule has 1 amide bonds. The maximum atomic E-state index is 14.1. The lowest BCUT2D eigenvalue weighted by atomic mass is 10.1. The molecule has 1 saturated heterocycles. The molecule has 0 radical (unpaired) electrons. The summed E-state index contributed by atoms with van der Waals surface area (Å²) in [5.41, 5.74) is 1.63. The number of nitrogens with one attached hydrogen (secondary N) is 1. The molecule has 2 aromatic heterocycles. The SMILES string of the molecule is O=C(NC1CCN(c2nc(-c3ccccc3O)nc3ccc(F)cc23)C1)c1ccncc1. The van der Waals surface area contributed by atoms with Crippen LogP contribution in [-0.2, 0) is 0 Å². The Morgan fingerprint density at radius 1 is 1.09 bits per heavy atom. The number of aromatic nitrogens is 3. The molecule has 7 nitrogen and oxygen atoms in total. The number of nitrogens with zero attached hydrogens (tertiary/aromatic N) is 4. The Hall–Kier alpha value is -4.07. The lowest BCUT2D eigenvalue weighted by Crippen LogP contribution is -2.37. The molecule has 1 aliphatic rings. The van der Waals surface area contributed by atoms with Crippen molar-refractivity contribution in [2.75, 3.05) is 18.0 Å². The highest BCUT2D eigenvalue weighted by atomic mass is 19.1. The first-order valence-corrected chi connectivity index (χ1v) is 10.3. The zero-order chi connectivity index (χ0) is 22.1. The van der Waals surface area contributed by atoms with Gasteiger partial charge >= 0.3 is 0 Å². The van der Waals surface area contributed by atoms with E-state index in [-0.39, 0.29) is 23.5 Å². The van der Waals surface area contributed by atoms with E-state index in [1.165, 1.54) is 12.1 Å². The summed E-state index contributed by atoms with van der Waals surface area (Å²) < 4.78 is 14.1. The van der Waals surface area contributed by atoms with Gasteiger partial charge in [0, 0.05) is 42.5 Å². The first-order valence-electron chi connectivity index (χ1n) is 10.3. The van der Waals surface area contributed by atoms with Crippen molar-refractivity contribution in [3.05, 3.63) is 78.4 Å². The standard InChI is InChI=1S/C24H20FN5O2/c25-16-5-6-20-19(13-16)23(29-22(28-20)18-3-1-2-4-21(18)31)30-12-9-17(14-30)27-24(32)15-7-10-26-11-8-15/h1-8,10-11,13,17,31H,9,12,14H2,(H,27,32). The van der Waals surface area contributed by atoms with Crippen molar-refractivity contribution in [2.24, 2.45) is 0 Å². The molecule has 0 spiro atoms. The minimum Gasteiger partial charge on any atom is -0.507 e. The number of anilines is 1. The van der Waals surface area contributed by atoms with Gasteiger partial charge in [-0.05, 0) is 48.9 Å². The Morgan fingerprint density at radius 3 is 2.72 bits per heavy atom. The summed E-state index contributed by atoms with van der Waals surface area (Å²) in [6, 6.07) is 14.5. The van der Waals surface area contributed by atoms with Crippen LogP contribution in [0.4, 0.5) is 10.2 Å². The van der Waals surface area contributed by atoms with Gasteiger partial charge in [0.25, 0.3) is 5.91 Å². The number of phenolic OH excluding ortho intramolecular Hbond substituents is 1. The van der Waals surface area contributed by atoms with Crippen molar-refractivity contribution >= 4 is 22.6 Å². The fraction of sp³-hybridized carbons (Fsp3) is 0.167. The van der Waals surface area contributed by atoms with Gasteiger partial charge in [-0.2, -0.15) is 0 Å². The Labute approximate surface area is 183 Å². The molecule has 1 fully saturated rings. The largest absolute Gasteiger partial charge is 0.507 e. The van der Waals surface area contributed by atoms with Crippen LogP contribution in [0.25, 0.3) is 22.3 Å². The third-order valence-electron chi connectivity index (χ3n) is 5.55. The number of rotatable bonds is 4. The topological polar surface area (TPSA) is 91.2 Å². The van der Waals surface area contributed by atoms with Crippen molar-refractivity contribution in [2.45, 2.75) is 12.5 Å². The summed E-state index contributed by atoms with van der Waals surface area (Å²) in [7, 11) is 0. The molecule has 160 valence electrons. The number of carbonyl (C=O) groups is 1. The predicted molar refractivity (Wildman–Crippen MR) is 119 cm³/mol. The molecule has 0 aliphatic carbocycles. The van der Waals surface area contributed by atoms with Gasteiger partial charge in [0.15, 0.2) is 5.82 Å². The van der Waals surface area contributed by atoms with Gasteiger partial charge in [-0.1, -0.05) is 12.1 Å². The number of para-hydroxylation sites is 1. The van der Waals surface area contributed by atoms with Crippen LogP contribution in [-0.4, -0.2) is 45.1 Å². The van der Waals surface area contributed by atoms with Crippen molar-refractivity contribution in [3.63, 3.8) is 0 Å². The van der Waals surface area contributed by atoms with Gasteiger partial charge in [-0.25, -0.2) is 14.4 Å². The molecule has 2 aromatic carbocycles. The number of hydrogen-bond donors (Lipinski definition) is 2. The van der Waals surface area contributed by atoms with Crippen LogP contribution in [0.3, 0.4) is 0 Å². The van der Waals surface area contributed by atoms with Crippen LogP contribution >= 0.6 is 0 Å². The van der Waals surface area contributed by atoms with Gasteiger partial charge < -0.3 is 15.3 Å². The number of carbonyl (C=O) groups excluding carboxylic acids is 1. The van der Waals surface area contributed by atoms with Crippen molar-refractivity contribution < 1.29 is 14.3 Å². The predicted octanol–water partition coefficient (Wildman–Crippen LogP) is 3.55. The number of benzene rings is 2. The second-order valence-corrected chi connectivity index (χ2v) is 7.69. The van der Waals surface area contributed by atoms with E-state index >= 15 is 0 Å². The highest BCUT2D eigenvalue weighted by molar-refractivity contribution is 5.94. The summed E-state index contributed by atoms with van der Waals surface area (Å²) in [4.78, 5) is 27.7. The van der Waals surface area contributed by atoms with Gasteiger partial charge in [-0.3, -0.25) is 9.78 Å². The van der Waals surface area contributed by atoms with Crippen LogP contribution in [0.15, 0.2) is 67.0 Å². The van der Waals surface area contributed by atoms with Crippen molar-refractivity contribution in [1.29, 1.82) is 0 Å². The van der Waals surface area contributed by atoms with E-state index in [0.717, 1.165) is 6.42 Å². The smallest absolute Gasteiger partial charge is 0.251 e. The quantitative estimate of drug-likeness (QED) is 0.516. The fourth-order valence-corrected chi connectivity index (χ4v) is 3.95. The third-order valence-corrected chi connectivity index (χ3v) is 5.55. The van der Waals surface area contributed by atoms with Crippen LogP contribution in [0, 0.1) is 5.82 Å². The van der Waals surface area contributed by atoms with Crippen molar-refractivity contribution in [3.8, 4) is 17.1 Å². The number of fused-ring (bicyclic) bond motifs is 1. The zero-order valence-electron chi connectivity index (χ0n) is 17.1. The maximum Gasteiger partial charge on any atom is 0.251 e. The van der Waals surface area contributed by atoms with Gasteiger partial charge in [0.2, 0.25) is 0 Å². The molecule has 8 heteroatoms. The molecular formula is C24H20FN5O2. The second-order valence-electron chi connectivity index (χ2n) is 7.69. The lowest BCUT2D eigenvalue weighted by molar-refractivity contribution is 0.0940. The second kappa shape index (κ2) is 8.22. The fourth-order valence-electron chi connectivity index (χ4n) is 3.95. The normalized spacial score (nSPS) is 15.8. The monoisotopic (exact) mass is 429 g/mol. The maximum absolute atomic E-state index is 14.1. The first kappa shape index (κ1) is 19.9. The number of aromatic hydroxyl groups is 1. The molecule has 0 bridgehead atoms. The lowest BCUT2D eigenvalue weighted by Gasteiger charge is -2.21. The van der Waals surface area contributed by atoms with E-state index in [1.54, 1.807) is 54.9 Å². The first-order chi connectivity index (χ1) is 15.6. The molecule has 1 atom stereocenters. The Balaban J connectivity index is 1.47. The molecule has 0 saturated carbocycles. The van der Waals surface area contributed by atoms with Crippen LogP contribution in [0.5, 0.6) is 5.75 Å². The number of phenols is 1. The highest BCUT2D eigenvalue weighted by Gasteiger charge is 2.27. The molecule has 5 rings (SSSR count). The van der Waals surface area contributed by atoms with Gasteiger partial charge in [0.1, 0.15) is 17.4 Å². The van der Waals surface area contributed by atoms with Crippen LogP contribution in [0.1, 0.15) is 16.8 Å².